The number of carbonyl (C=O) groups is 2. The minimum Gasteiger partial charge on any atom is -0.338 e. The minimum absolute atomic E-state index is 0.115. The van der Waals surface area contributed by atoms with E-state index in [1.807, 2.05) is 31.2 Å². The molecule has 23 heavy (non-hydrogen) atoms. The van der Waals surface area contributed by atoms with Crippen LogP contribution in [0.4, 0.5) is 4.79 Å². The van der Waals surface area contributed by atoms with Crippen LogP contribution >= 0.6 is 11.6 Å². The van der Waals surface area contributed by atoms with Gasteiger partial charge in [0.1, 0.15) is 0 Å². The second kappa shape index (κ2) is 8.31. The molecule has 1 aromatic carbocycles. The molecule has 0 unspecified atom stereocenters. The Morgan fingerprint density at radius 3 is 2.48 bits per heavy atom. The van der Waals surface area contributed by atoms with Gasteiger partial charge in [0, 0.05) is 17.1 Å². The molecule has 126 valence electrons. The Bertz CT molecular complexity index is 541. The van der Waals surface area contributed by atoms with Gasteiger partial charge in [0.2, 0.25) is 5.91 Å². The van der Waals surface area contributed by atoms with Gasteiger partial charge < -0.3 is 5.32 Å². The molecular formula is C17H24ClN3O2. The first kappa shape index (κ1) is 17.8. The van der Waals surface area contributed by atoms with E-state index in [0.717, 1.165) is 37.7 Å². The van der Waals surface area contributed by atoms with Gasteiger partial charge in [0.15, 0.2) is 0 Å². The molecule has 2 rings (SSSR count). The van der Waals surface area contributed by atoms with E-state index in [1.54, 1.807) is 0 Å². The number of nitrogens with one attached hydrogen (secondary N) is 3. The maximum Gasteiger partial charge on any atom is 0.321 e. The molecule has 3 amide bonds. The summed E-state index contributed by atoms with van der Waals surface area (Å²) in [7, 11) is 0. The number of rotatable bonds is 7. The molecular weight excluding hydrogens is 314 g/mol. The minimum atomic E-state index is -0.431. The average molecular weight is 338 g/mol. The van der Waals surface area contributed by atoms with Crippen LogP contribution in [0.1, 0.15) is 44.6 Å². The SMILES string of the molecule is CCCCNC(=O)NC(=O)CNC1(c2ccc(Cl)cc2)CCC1. The number of unbranched alkanes of at least 4 members (excludes halogenated alkanes) is 1. The van der Waals surface area contributed by atoms with E-state index in [0.29, 0.717) is 11.6 Å². The van der Waals surface area contributed by atoms with E-state index in [1.165, 1.54) is 0 Å². The number of hydrogen-bond donors (Lipinski definition) is 3. The van der Waals surface area contributed by atoms with Crippen molar-refractivity contribution in [2.75, 3.05) is 13.1 Å². The fraction of sp³-hybridized carbons (Fsp3) is 0.529. The Kier molecular flexibility index (Phi) is 6.42. The summed E-state index contributed by atoms with van der Waals surface area (Å²) >= 11 is 5.93. The zero-order valence-electron chi connectivity index (χ0n) is 13.5. The van der Waals surface area contributed by atoms with Crippen LogP contribution < -0.4 is 16.0 Å². The Morgan fingerprint density at radius 2 is 1.91 bits per heavy atom. The van der Waals surface area contributed by atoms with Crippen LogP contribution in [0.25, 0.3) is 0 Å². The monoisotopic (exact) mass is 337 g/mol. The van der Waals surface area contributed by atoms with Crippen LogP contribution in [0.3, 0.4) is 0 Å². The molecule has 1 saturated carbocycles. The van der Waals surface area contributed by atoms with E-state index < -0.39 is 6.03 Å². The van der Waals surface area contributed by atoms with Crippen molar-refractivity contribution in [3.05, 3.63) is 34.9 Å². The highest BCUT2D eigenvalue weighted by Gasteiger charge is 2.38. The Morgan fingerprint density at radius 1 is 1.22 bits per heavy atom. The number of amides is 3. The van der Waals surface area contributed by atoms with Crippen LogP contribution in [0.5, 0.6) is 0 Å². The molecule has 0 spiro atoms. The van der Waals surface area contributed by atoms with Crippen molar-refractivity contribution in [1.29, 1.82) is 0 Å². The van der Waals surface area contributed by atoms with Crippen molar-refractivity contribution < 1.29 is 9.59 Å². The third-order valence-corrected chi connectivity index (χ3v) is 4.51. The third kappa shape index (κ3) is 4.94. The molecule has 5 nitrogen and oxygen atoms in total. The Labute approximate surface area is 142 Å². The normalized spacial score (nSPS) is 15.6. The number of hydrogen-bond acceptors (Lipinski definition) is 3. The summed E-state index contributed by atoms with van der Waals surface area (Å²) in [5.41, 5.74) is 0.953. The first-order valence-corrected chi connectivity index (χ1v) is 8.52. The van der Waals surface area contributed by atoms with Crippen molar-refractivity contribution in [3.8, 4) is 0 Å². The van der Waals surface area contributed by atoms with Gasteiger partial charge in [-0.2, -0.15) is 0 Å². The first-order valence-electron chi connectivity index (χ1n) is 8.14. The predicted molar refractivity (Wildman–Crippen MR) is 91.4 cm³/mol. The number of carbonyl (C=O) groups excluding carboxylic acids is 2. The van der Waals surface area contributed by atoms with Crippen molar-refractivity contribution >= 4 is 23.5 Å². The van der Waals surface area contributed by atoms with Crippen molar-refractivity contribution in [2.45, 2.75) is 44.6 Å². The number of halogens is 1. The summed E-state index contributed by atoms with van der Waals surface area (Å²) in [4.78, 5) is 23.5. The summed E-state index contributed by atoms with van der Waals surface area (Å²) in [5.74, 6) is -0.320. The van der Waals surface area contributed by atoms with Crippen LogP contribution in [0.15, 0.2) is 24.3 Å². The van der Waals surface area contributed by atoms with Gasteiger partial charge in [0.05, 0.1) is 6.54 Å². The fourth-order valence-corrected chi connectivity index (χ4v) is 2.84. The molecule has 1 aliphatic rings. The van der Waals surface area contributed by atoms with Gasteiger partial charge in [-0.05, 0) is 43.4 Å². The fourth-order valence-electron chi connectivity index (χ4n) is 2.71. The second-order valence-corrected chi connectivity index (χ2v) is 6.39. The largest absolute Gasteiger partial charge is 0.338 e. The number of benzene rings is 1. The standard InChI is InChI=1S/C17H24ClN3O2/c1-2-3-11-19-16(23)21-15(22)12-20-17(9-4-10-17)13-5-7-14(18)8-6-13/h5-8,20H,2-4,9-12H2,1H3,(H2,19,21,22,23). The molecule has 1 aliphatic carbocycles. The molecule has 1 fully saturated rings. The second-order valence-electron chi connectivity index (χ2n) is 5.95. The maximum absolute atomic E-state index is 11.9. The van der Waals surface area contributed by atoms with Crippen molar-refractivity contribution in [2.24, 2.45) is 0 Å². The van der Waals surface area contributed by atoms with Gasteiger partial charge in [-0.3, -0.25) is 15.4 Å². The van der Waals surface area contributed by atoms with Crippen molar-refractivity contribution in [1.82, 2.24) is 16.0 Å². The summed E-state index contributed by atoms with van der Waals surface area (Å²) < 4.78 is 0. The average Bonchev–Trinajstić information content (AvgIpc) is 2.48. The molecule has 0 aliphatic heterocycles. The highest BCUT2D eigenvalue weighted by Crippen LogP contribution is 2.41. The molecule has 0 radical (unpaired) electrons. The van der Waals surface area contributed by atoms with E-state index in [4.69, 9.17) is 11.6 Å². The predicted octanol–water partition coefficient (Wildman–Crippen LogP) is 2.93. The number of imide groups is 1. The smallest absolute Gasteiger partial charge is 0.321 e. The van der Waals surface area contributed by atoms with Crippen LogP contribution in [0, 0.1) is 0 Å². The third-order valence-electron chi connectivity index (χ3n) is 4.26. The lowest BCUT2D eigenvalue weighted by Crippen LogP contribution is -2.52. The molecule has 0 heterocycles. The molecule has 6 heteroatoms. The van der Waals surface area contributed by atoms with Crippen LogP contribution in [0.2, 0.25) is 5.02 Å². The van der Waals surface area contributed by atoms with Crippen LogP contribution in [-0.4, -0.2) is 25.0 Å². The molecule has 0 atom stereocenters. The summed E-state index contributed by atoms with van der Waals surface area (Å²) in [6, 6.07) is 7.27. The van der Waals surface area contributed by atoms with Crippen LogP contribution in [-0.2, 0) is 10.3 Å². The highest BCUT2D eigenvalue weighted by atomic mass is 35.5. The van der Waals surface area contributed by atoms with Gasteiger partial charge in [-0.15, -0.1) is 0 Å². The van der Waals surface area contributed by atoms with Gasteiger partial charge in [0.25, 0.3) is 0 Å². The van der Waals surface area contributed by atoms with E-state index >= 15 is 0 Å². The highest BCUT2D eigenvalue weighted by molar-refractivity contribution is 6.30. The Hall–Kier alpha value is -1.59. The van der Waals surface area contributed by atoms with Gasteiger partial charge in [-0.25, -0.2) is 4.79 Å². The lowest BCUT2D eigenvalue weighted by atomic mass is 9.72. The summed E-state index contributed by atoms with van der Waals surface area (Å²) in [6.45, 7) is 2.74. The first-order chi connectivity index (χ1) is 11.1. The molecule has 1 aromatic rings. The zero-order chi connectivity index (χ0) is 16.7. The van der Waals surface area contributed by atoms with Crippen molar-refractivity contribution in [3.63, 3.8) is 0 Å². The van der Waals surface area contributed by atoms with Gasteiger partial charge >= 0.3 is 6.03 Å². The Balaban J connectivity index is 1.82. The lowest BCUT2D eigenvalue weighted by molar-refractivity contribution is -0.119. The molecule has 0 aromatic heterocycles. The molecule has 0 saturated heterocycles. The molecule has 3 N–H and O–H groups in total. The van der Waals surface area contributed by atoms with E-state index in [2.05, 4.69) is 16.0 Å². The molecule has 0 bridgehead atoms. The number of urea groups is 1. The topological polar surface area (TPSA) is 70.2 Å². The van der Waals surface area contributed by atoms with E-state index in [9.17, 15) is 9.59 Å². The summed E-state index contributed by atoms with van der Waals surface area (Å²) in [5, 5.41) is 9.02. The zero-order valence-corrected chi connectivity index (χ0v) is 14.2. The van der Waals surface area contributed by atoms with Gasteiger partial charge in [-0.1, -0.05) is 37.1 Å². The van der Waals surface area contributed by atoms with E-state index in [-0.39, 0.29) is 18.0 Å². The lowest BCUT2D eigenvalue weighted by Gasteiger charge is -2.43. The quantitative estimate of drug-likeness (QED) is 0.670. The maximum atomic E-state index is 11.9. The summed E-state index contributed by atoms with van der Waals surface area (Å²) in [6.07, 6.45) is 4.98.